The molecule has 27 heavy (non-hydrogen) atoms. The predicted octanol–water partition coefficient (Wildman–Crippen LogP) is -1.16. The average molecular weight is 398 g/mol. The second kappa shape index (κ2) is 10.1. The van der Waals surface area contributed by atoms with Crippen molar-refractivity contribution < 1.29 is 38.0 Å². The van der Waals surface area contributed by atoms with Gasteiger partial charge in [0.2, 0.25) is 0 Å². The molecule has 7 heteroatoms. The summed E-state index contributed by atoms with van der Waals surface area (Å²) in [6.07, 6.45) is 2.43. The van der Waals surface area contributed by atoms with E-state index in [1.165, 1.54) is 46.7 Å². The molecule has 0 N–H and O–H groups in total. The summed E-state index contributed by atoms with van der Waals surface area (Å²) in [5.41, 5.74) is 8.18. The number of nitrogens with zero attached hydrogens (tertiary/aromatic N) is 2. The lowest BCUT2D eigenvalue weighted by Gasteiger charge is -2.17. The Labute approximate surface area is 164 Å². The zero-order valence-electron chi connectivity index (χ0n) is 17.0. The van der Waals surface area contributed by atoms with Gasteiger partial charge in [-0.2, -0.15) is 0 Å². The molecule has 0 fully saturated rings. The summed E-state index contributed by atoms with van der Waals surface area (Å²) >= 11 is 0. The van der Waals surface area contributed by atoms with E-state index >= 15 is 0 Å². The van der Waals surface area contributed by atoms with Gasteiger partial charge in [-0.3, -0.25) is 0 Å². The number of hydrogen-bond donors (Lipinski definition) is 0. The second-order valence-electron chi connectivity index (χ2n) is 7.02. The van der Waals surface area contributed by atoms with Crippen molar-refractivity contribution in [1.82, 2.24) is 0 Å². The van der Waals surface area contributed by atoms with E-state index in [1.807, 2.05) is 0 Å². The highest BCUT2D eigenvalue weighted by Crippen LogP contribution is 2.05. The lowest BCUT2D eigenvalue weighted by Crippen LogP contribution is -2.68. The Hall–Kier alpha value is -1.57. The standard InChI is InChI=1S/C20H30N2.ClHO4/c1-15-11-17(3)21(18(4)12-15)9-7-8-10-22-19(5)13-16(2)14-20(22)6;2-1(3,4)5/h11-14H,7-10H2,1-6H3;(H,2,3,4,5)/q+2;/p-1. The summed E-state index contributed by atoms with van der Waals surface area (Å²) in [4.78, 5) is 0. The third-order valence-corrected chi connectivity index (χ3v) is 4.46. The Morgan fingerprint density at radius 2 is 0.815 bits per heavy atom. The normalized spacial score (nSPS) is 11.2. The quantitative estimate of drug-likeness (QED) is 0.469. The van der Waals surface area contributed by atoms with Crippen LogP contribution in [-0.4, -0.2) is 0 Å². The fraction of sp³-hybridized carbons (Fsp3) is 0.500. The minimum atomic E-state index is -4.94. The van der Waals surface area contributed by atoms with Gasteiger partial charge in [-0.25, -0.2) is 27.8 Å². The van der Waals surface area contributed by atoms with Crippen molar-refractivity contribution >= 4 is 0 Å². The van der Waals surface area contributed by atoms with Gasteiger partial charge in [-0.15, -0.1) is 10.2 Å². The van der Waals surface area contributed by atoms with Crippen molar-refractivity contribution in [3.8, 4) is 0 Å². The van der Waals surface area contributed by atoms with Gasteiger partial charge in [0.25, 0.3) is 0 Å². The average Bonchev–Trinajstić information content (AvgIpc) is 2.45. The molecule has 0 saturated heterocycles. The third kappa shape index (κ3) is 8.77. The topological polar surface area (TPSA) is 100 Å². The number of hydrogen-bond acceptors (Lipinski definition) is 4. The minimum absolute atomic E-state index is 1.11. The summed E-state index contributed by atoms with van der Waals surface area (Å²) < 4.78 is 38.8. The largest absolute Gasteiger partial charge is 0.222 e. The Morgan fingerprint density at radius 1 is 0.593 bits per heavy atom. The number of halogens is 1. The van der Waals surface area contributed by atoms with Crippen LogP contribution in [0, 0.1) is 51.8 Å². The first-order chi connectivity index (χ1) is 12.4. The Kier molecular flexibility index (Phi) is 8.78. The number of pyridine rings is 2. The van der Waals surface area contributed by atoms with Gasteiger partial charge >= 0.3 is 0 Å². The van der Waals surface area contributed by atoms with Crippen molar-refractivity contribution in [1.29, 1.82) is 0 Å². The highest BCUT2D eigenvalue weighted by atomic mass is 35.7. The number of unbranched alkanes of at least 4 members (excludes halogenated alkanes) is 1. The molecule has 0 unspecified atom stereocenters. The highest BCUT2D eigenvalue weighted by molar-refractivity contribution is 5.14. The van der Waals surface area contributed by atoms with Gasteiger partial charge < -0.3 is 0 Å². The van der Waals surface area contributed by atoms with E-state index in [0.717, 1.165) is 13.1 Å². The van der Waals surface area contributed by atoms with Crippen LogP contribution in [-0.2, 0) is 13.1 Å². The molecule has 2 aromatic heterocycles. The molecule has 0 atom stereocenters. The van der Waals surface area contributed by atoms with Gasteiger partial charge in [0.15, 0.2) is 22.8 Å². The van der Waals surface area contributed by atoms with Crippen LogP contribution < -0.4 is 27.8 Å². The SMILES string of the molecule is Cc1cc(C)[n+](CCCC[n+]2c(C)cc(C)cc2C)c(C)c1.[O-][Cl+3]([O-])([O-])[O-]. The van der Waals surface area contributed by atoms with Crippen LogP contribution in [0.3, 0.4) is 0 Å². The number of aryl methyl sites for hydroxylation is 6. The maximum Gasteiger partial charge on any atom is 0.178 e. The summed E-state index contributed by atoms with van der Waals surface area (Å²) in [6.45, 7) is 15.4. The van der Waals surface area contributed by atoms with E-state index < -0.39 is 10.2 Å². The van der Waals surface area contributed by atoms with Crippen molar-refractivity contribution in [3.05, 3.63) is 58.2 Å². The third-order valence-electron chi connectivity index (χ3n) is 4.46. The predicted molar refractivity (Wildman–Crippen MR) is 90.9 cm³/mol. The molecule has 2 rings (SSSR count). The van der Waals surface area contributed by atoms with E-state index in [4.69, 9.17) is 18.6 Å². The second-order valence-corrected chi connectivity index (χ2v) is 7.78. The van der Waals surface area contributed by atoms with Gasteiger partial charge in [0.05, 0.1) is 0 Å². The first-order valence-electron chi connectivity index (χ1n) is 8.95. The van der Waals surface area contributed by atoms with Crippen LogP contribution in [0.15, 0.2) is 24.3 Å². The van der Waals surface area contributed by atoms with E-state index in [1.54, 1.807) is 0 Å². The molecular weight excluding hydrogens is 368 g/mol. The number of aromatic nitrogens is 2. The molecule has 0 bridgehead atoms. The summed E-state index contributed by atoms with van der Waals surface area (Å²) in [7, 11) is -4.94. The summed E-state index contributed by atoms with van der Waals surface area (Å²) in [5.74, 6) is 0. The molecule has 6 nitrogen and oxygen atoms in total. The molecule has 0 amide bonds. The molecule has 0 aromatic carbocycles. The number of rotatable bonds is 5. The fourth-order valence-electron chi connectivity index (χ4n) is 3.51. The minimum Gasteiger partial charge on any atom is -0.222 e. The van der Waals surface area contributed by atoms with Crippen LogP contribution in [0.25, 0.3) is 0 Å². The highest BCUT2D eigenvalue weighted by Gasteiger charge is 2.14. The van der Waals surface area contributed by atoms with Gasteiger partial charge in [-0.1, -0.05) is 0 Å². The molecule has 0 aliphatic carbocycles. The molecular formula is C20H30ClN2O4+. The first kappa shape index (κ1) is 23.5. The Morgan fingerprint density at radius 3 is 1.04 bits per heavy atom. The Balaban J connectivity index is 0.000000646. The fourth-order valence-corrected chi connectivity index (χ4v) is 3.51. The molecule has 2 heterocycles. The molecule has 0 aliphatic heterocycles. The van der Waals surface area contributed by atoms with Crippen LogP contribution >= 0.6 is 0 Å². The van der Waals surface area contributed by atoms with Crippen LogP contribution in [0.2, 0.25) is 0 Å². The van der Waals surface area contributed by atoms with Gasteiger partial charge in [-0.05, 0) is 25.0 Å². The molecule has 0 radical (unpaired) electrons. The van der Waals surface area contributed by atoms with E-state index in [0.29, 0.717) is 0 Å². The van der Waals surface area contributed by atoms with E-state index in [-0.39, 0.29) is 0 Å². The molecule has 0 aliphatic rings. The summed E-state index contributed by atoms with van der Waals surface area (Å²) in [5, 5.41) is 0. The van der Waals surface area contributed by atoms with Crippen molar-refractivity contribution in [2.24, 2.45) is 0 Å². The monoisotopic (exact) mass is 397 g/mol. The lowest BCUT2D eigenvalue weighted by atomic mass is 10.1. The van der Waals surface area contributed by atoms with Crippen LogP contribution in [0.1, 0.15) is 46.7 Å². The van der Waals surface area contributed by atoms with E-state index in [2.05, 4.69) is 74.9 Å². The maximum absolute atomic E-state index is 8.49. The zero-order chi connectivity index (χ0) is 20.8. The first-order valence-corrected chi connectivity index (χ1v) is 10.2. The molecule has 150 valence electrons. The van der Waals surface area contributed by atoms with Gasteiger partial charge in [0, 0.05) is 64.8 Å². The van der Waals surface area contributed by atoms with Crippen LogP contribution in [0.5, 0.6) is 0 Å². The smallest absolute Gasteiger partial charge is 0.178 e. The van der Waals surface area contributed by atoms with Crippen LogP contribution in [0.4, 0.5) is 0 Å². The molecule has 0 spiro atoms. The molecule has 2 aromatic rings. The zero-order valence-corrected chi connectivity index (χ0v) is 17.8. The summed E-state index contributed by atoms with van der Waals surface area (Å²) in [6, 6.07) is 9.10. The Bertz CT molecular complexity index is 662. The lowest BCUT2D eigenvalue weighted by molar-refractivity contribution is -2.00. The van der Waals surface area contributed by atoms with E-state index in [9.17, 15) is 0 Å². The van der Waals surface area contributed by atoms with Crippen molar-refractivity contribution in [3.63, 3.8) is 0 Å². The maximum atomic E-state index is 8.49. The van der Waals surface area contributed by atoms with Crippen molar-refractivity contribution in [2.75, 3.05) is 0 Å². The van der Waals surface area contributed by atoms with Gasteiger partial charge in [0.1, 0.15) is 13.1 Å². The molecule has 0 saturated carbocycles. The van der Waals surface area contributed by atoms with Crippen molar-refractivity contribution in [2.45, 2.75) is 67.5 Å².